The number of aromatic hydroxyl groups is 1. The van der Waals surface area contributed by atoms with Crippen molar-refractivity contribution in [3.8, 4) is 17.2 Å². The summed E-state index contributed by atoms with van der Waals surface area (Å²) in [7, 11) is 1.48. The molecule has 1 N–H and O–H groups in total. The molecular formula is C17H14O6. The molecule has 3 aromatic rings. The third kappa shape index (κ3) is 2.59. The van der Waals surface area contributed by atoms with E-state index < -0.39 is 0 Å². The highest BCUT2D eigenvalue weighted by Crippen LogP contribution is 2.33. The number of phenolic OH excluding ortho intramolecular Hbond substituents is 1. The zero-order valence-corrected chi connectivity index (χ0v) is 12.6. The largest absolute Gasteiger partial charge is 0.507 e. The second-order valence-corrected chi connectivity index (χ2v) is 5.07. The Morgan fingerprint density at radius 3 is 2.78 bits per heavy atom. The highest BCUT2D eigenvalue weighted by Gasteiger charge is 2.16. The first-order valence-corrected chi connectivity index (χ1v) is 6.90. The molecule has 0 fully saturated rings. The van der Waals surface area contributed by atoms with Crippen molar-refractivity contribution in [2.24, 2.45) is 0 Å². The van der Waals surface area contributed by atoms with Crippen LogP contribution in [0.15, 0.2) is 39.5 Å². The molecule has 1 heterocycles. The Morgan fingerprint density at radius 1 is 1.30 bits per heavy atom. The quantitative estimate of drug-likeness (QED) is 0.745. The van der Waals surface area contributed by atoms with Crippen LogP contribution in [0, 0.1) is 0 Å². The van der Waals surface area contributed by atoms with E-state index in [-0.39, 0.29) is 45.9 Å². The summed E-state index contributed by atoms with van der Waals surface area (Å²) in [6.45, 7) is 1.26. The summed E-state index contributed by atoms with van der Waals surface area (Å²) in [4.78, 5) is 23.6. The third-order valence-electron chi connectivity index (χ3n) is 3.38. The number of carbonyl (C=O) groups excluding carboxylic acids is 1. The number of methoxy groups -OCH3 is 1. The number of ketones is 1. The number of ether oxygens (including phenoxy) is 2. The van der Waals surface area contributed by atoms with Crippen LogP contribution >= 0.6 is 0 Å². The average Bonchev–Trinajstić information content (AvgIpc) is 2.52. The molecule has 0 saturated heterocycles. The number of hydrogen-bond acceptors (Lipinski definition) is 6. The van der Waals surface area contributed by atoms with Gasteiger partial charge in [0.15, 0.2) is 17.1 Å². The SMILES string of the molecule is COc1cccc2c(=O)c3c(O)cc(OCC(C)=O)cc3oc12. The van der Waals surface area contributed by atoms with Crippen LogP contribution in [0.2, 0.25) is 0 Å². The van der Waals surface area contributed by atoms with Gasteiger partial charge in [-0.05, 0) is 19.1 Å². The molecule has 6 nitrogen and oxygen atoms in total. The maximum Gasteiger partial charge on any atom is 0.204 e. The smallest absolute Gasteiger partial charge is 0.204 e. The minimum atomic E-state index is -0.365. The summed E-state index contributed by atoms with van der Waals surface area (Å²) in [6, 6.07) is 7.70. The Bertz CT molecular complexity index is 970. The van der Waals surface area contributed by atoms with Crippen molar-refractivity contribution < 1.29 is 23.8 Å². The minimum Gasteiger partial charge on any atom is -0.507 e. The van der Waals surface area contributed by atoms with Crippen molar-refractivity contribution in [2.75, 3.05) is 13.7 Å². The molecule has 0 unspecified atom stereocenters. The molecule has 2 aromatic carbocycles. The monoisotopic (exact) mass is 314 g/mol. The number of phenols is 1. The molecule has 0 bridgehead atoms. The Morgan fingerprint density at radius 2 is 2.09 bits per heavy atom. The predicted molar refractivity (Wildman–Crippen MR) is 84.4 cm³/mol. The number of benzene rings is 2. The molecule has 0 aliphatic heterocycles. The minimum absolute atomic E-state index is 0.0564. The normalized spacial score (nSPS) is 10.9. The molecule has 23 heavy (non-hydrogen) atoms. The second-order valence-electron chi connectivity index (χ2n) is 5.07. The molecule has 0 saturated carbocycles. The summed E-state index contributed by atoms with van der Waals surface area (Å²) in [5, 5.41) is 10.5. The van der Waals surface area contributed by atoms with E-state index >= 15 is 0 Å². The van der Waals surface area contributed by atoms with Crippen LogP contribution in [0.3, 0.4) is 0 Å². The van der Waals surface area contributed by atoms with Crippen molar-refractivity contribution in [3.05, 3.63) is 40.6 Å². The van der Waals surface area contributed by atoms with Gasteiger partial charge in [0.1, 0.15) is 29.1 Å². The number of para-hydroxylation sites is 1. The second kappa shape index (κ2) is 5.64. The highest BCUT2D eigenvalue weighted by atomic mass is 16.5. The zero-order chi connectivity index (χ0) is 16.6. The van der Waals surface area contributed by atoms with Gasteiger partial charge in [-0.1, -0.05) is 6.07 Å². The molecule has 0 aliphatic carbocycles. The van der Waals surface area contributed by atoms with E-state index in [2.05, 4.69) is 0 Å². The van der Waals surface area contributed by atoms with Gasteiger partial charge in [0.2, 0.25) is 5.43 Å². The topological polar surface area (TPSA) is 86.0 Å². The lowest BCUT2D eigenvalue weighted by Crippen LogP contribution is -2.07. The summed E-state index contributed by atoms with van der Waals surface area (Å²) < 4.78 is 16.2. The number of hydrogen-bond donors (Lipinski definition) is 1. The van der Waals surface area contributed by atoms with Gasteiger partial charge in [-0.3, -0.25) is 9.59 Å². The van der Waals surface area contributed by atoms with Gasteiger partial charge in [-0.25, -0.2) is 0 Å². The maximum absolute atomic E-state index is 12.6. The lowest BCUT2D eigenvalue weighted by Gasteiger charge is -2.09. The fourth-order valence-corrected chi connectivity index (χ4v) is 2.36. The Balaban J connectivity index is 2.29. The fraction of sp³-hybridized carbons (Fsp3) is 0.176. The number of fused-ring (bicyclic) bond motifs is 2. The Hall–Kier alpha value is -3.02. The van der Waals surface area contributed by atoms with Crippen LogP contribution in [-0.4, -0.2) is 24.6 Å². The molecule has 0 radical (unpaired) electrons. The third-order valence-corrected chi connectivity index (χ3v) is 3.38. The molecule has 118 valence electrons. The van der Waals surface area contributed by atoms with Gasteiger partial charge >= 0.3 is 0 Å². The van der Waals surface area contributed by atoms with Gasteiger partial charge in [0, 0.05) is 12.1 Å². The van der Waals surface area contributed by atoms with E-state index in [1.165, 1.54) is 26.2 Å². The standard InChI is InChI=1S/C17H14O6/c1-9(18)8-22-10-6-12(19)15-14(7-10)23-17-11(16(15)20)4-3-5-13(17)21-2/h3-7,19H,8H2,1-2H3. The first kappa shape index (κ1) is 14.9. The van der Waals surface area contributed by atoms with Crippen LogP contribution < -0.4 is 14.9 Å². The van der Waals surface area contributed by atoms with Crippen molar-refractivity contribution >= 4 is 27.7 Å². The Labute approximate surface area is 130 Å². The molecule has 3 rings (SSSR count). The number of carbonyl (C=O) groups is 1. The zero-order valence-electron chi connectivity index (χ0n) is 12.6. The molecule has 0 aliphatic rings. The van der Waals surface area contributed by atoms with Crippen LogP contribution in [0.5, 0.6) is 17.2 Å². The predicted octanol–water partition coefficient (Wildman–Crippen LogP) is 2.63. The van der Waals surface area contributed by atoms with Gasteiger partial charge in [-0.2, -0.15) is 0 Å². The van der Waals surface area contributed by atoms with Gasteiger partial charge < -0.3 is 19.0 Å². The molecule has 0 spiro atoms. The average molecular weight is 314 g/mol. The number of Topliss-reactive ketones (excluding diaryl/α,β-unsaturated/α-hetero) is 1. The van der Waals surface area contributed by atoms with E-state index in [1.807, 2.05) is 0 Å². The summed E-state index contributed by atoms with van der Waals surface area (Å²) in [6.07, 6.45) is 0. The number of rotatable bonds is 4. The molecular weight excluding hydrogens is 300 g/mol. The Kier molecular flexibility index (Phi) is 3.65. The van der Waals surface area contributed by atoms with Gasteiger partial charge in [0.05, 0.1) is 12.5 Å². The van der Waals surface area contributed by atoms with E-state index in [4.69, 9.17) is 13.9 Å². The van der Waals surface area contributed by atoms with Crippen molar-refractivity contribution in [2.45, 2.75) is 6.92 Å². The summed E-state index contributed by atoms with van der Waals surface area (Å²) in [5.74, 6) is 0.226. The van der Waals surface area contributed by atoms with Crippen LogP contribution in [0.4, 0.5) is 0 Å². The van der Waals surface area contributed by atoms with Crippen molar-refractivity contribution in [3.63, 3.8) is 0 Å². The van der Waals surface area contributed by atoms with Gasteiger partial charge in [0.25, 0.3) is 0 Å². The van der Waals surface area contributed by atoms with Crippen molar-refractivity contribution in [1.29, 1.82) is 0 Å². The summed E-state index contributed by atoms with van der Waals surface area (Å²) in [5.41, 5.74) is 0.0805. The fourth-order valence-electron chi connectivity index (χ4n) is 2.36. The molecule has 0 amide bonds. The van der Waals surface area contributed by atoms with Crippen LogP contribution in [0.1, 0.15) is 6.92 Å². The van der Waals surface area contributed by atoms with E-state index in [9.17, 15) is 14.7 Å². The molecule has 1 aromatic heterocycles. The van der Waals surface area contributed by atoms with Crippen LogP contribution in [-0.2, 0) is 4.79 Å². The maximum atomic E-state index is 12.6. The molecule has 6 heteroatoms. The van der Waals surface area contributed by atoms with E-state index in [1.54, 1.807) is 18.2 Å². The van der Waals surface area contributed by atoms with Gasteiger partial charge in [-0.15, -0.1) is 0 Å². The summed E-state index contributed by atoms with van der Waals surface area (Å²) >= 11 is 0. The first-order valence-electron chi connectivity index (χ1n) is 6.90. The first-order chi connectivity index (χ1) is 11.0. The highest BCUT2D eigenvalue weighted by molar-refractivity contribution is 5.95. The lowest BCUT2D eigenvalue weighted by molar-refractivity contribution is -0.118. The van der Waals surface area contributed by atoms with E-state index in [0.717, 1.165) is 0 Å². The van der Waals surface area contributed by atoms with Crippen molar-refractivity contribution in [1.82, 2.24) is 0 Å². The lowest BCUT2D eigenvalue weighted by atomic mass is 10.1. The molecule has 0 atom stereocenters. The van der Waals surface area contributed by atoms with Crippen LogP contribution in [0.25, 0.3) is 21.9 Å². The van der Waals surface area contributed by atoms with E-state index in [0.29, 0.717) is 11.1 Å².